The number of benzene rings is 2. The van der Waals surface area contributed by atoms with E-state index in [0.717, 1.165) is 38.1 Å². The van der Waals surface area contributed by atoms with Crippen LogP contribution in [0.2, 0.25) is 0 Å². The zero-order valence-corrected chi connectivity index (χ0v) is 14.0. The Hall–Kier alpha value is -2.96. The van der Waals surface area contributed by atoms with Crippen molar-refractivity contribution in [3.05, 3.63) is 59.7 Å². The Balaban J connectivity index is 1.61. The Kier molecular flexibility index (Phi) is 5.46. The minimum absolute atomic E-state index is 0.0767. The van der Waals surface area contributed by atoms with Crippen LogP contribution in [0.25, 0.3) is 0 Å². The highest BCUT2D eigenvalue weighted by Crippen LogP contribution is 2.19. The highest BCUT2D eigenvalue weighted by Gasteiger charge is 2.18. The van der Waals surface area contributed by atoms with E-state index in [4.69, 9.17) is 4.74 Å². The Bertz CT molecular complexity index is 800. The van der Waals surface area contributed by atoms with E-state index in [-0.39, 0.29) is 18.1 Å². The summed E-state index contributed by atoms with van der Waals surface area (Å²) in [5.41, 5.74) is 0.267. The summed E-state index contributed by atoms with van der Waals surface area (Å²) in [6, 6.07) is 9.07. The van der Waals surface area contributed by atoms with Gasteiger partial charge in [0.25, 0.3) is 11.8 Å². The summed E-state index contributed by atoms with van der Waals surface area (Å²) in [5, 5.41) is 2.55. The fourth-order valence-corrected chi connectivity index (χ4v) is 2.75. The van der Waals surface area contributed by atoms with Crippen molar-refractivity contribution in [2.45, 2.75) is 12.8 Å². The molecular formula is C19H18F2N2O3. The molecule has 2 aromatic carbocycles. The first-order valence-corrected chi connectivity index (χ1v) is 8.29. The normalized spacial score (nSPS) is 13.5. The molecule has 7 heteroatoms. The Labute approximate surface area is 149 Å². The summed E-state index contributed by atoms with van der Waals surface area (Å²) in [7, 11) is 0. The van der Waals surface area contributed by atoms with Crippen molar-refractivity contribution >= 4 is 17.5 Å². The maximum Gasteiger partial charge on any atom is 0.260 e. The van der Waals surface area contributed by atoms with E-state index < -0.39 is 17.5 Å². The number of rotatable bonds is 5. The third kappa shape index (κ3) is 4.56. The lowest BCUT2D eigenvalue weighted by atomic mass is 10.2. The SMILES string of the molecule is O=C(Nc1cccc(OCC(=O)N2CCCC2)c1)c1cc(F)cc(F)c1. The molecule has 0 unspecified atom stereocenters. The molecule has 0 aromatic heterocycles. The number of carbonyl (C=O) groups excluding carboxylic acids is 2. The summed E-state index contributed by atoms with van der Waals surface area (Å²) in [6.45, 7) is 1.43. The summed E-state index contributed by atoms with van der Waals surface area (Å²) in [6.07, 6.45) is 2.02. The van der Waals surface area contributed by atoms with E-state index in [2.05, 4.69) is 5.32 Å². The zero-order chi connectivity index (χ0) is 18.5. The third-order valence-electron chi connectivity index (χ3n) is 4.04. The molecule has 1 N–H and O–H groups in total. The molecule has 2 amide bonds. The second-order valence-corrected chi connectivity index (χ2v) is 6.02. The lowest BCUT2D eigenvalue weighted by Gasteiger charge is -2.15. The molecule has 0 radical (unpaired) electrons. The van der Waals surface area contributed by atoms with Gasteiger partial charge in [-0.1, -0.05) is 6.07 Å². The van der Waals surface area contributed by atoms with Crippen LogP contribution in [-0.2, 0) is 4.79 Å². The monoisotopic (exact) mass is 360 g/mol. The minimum Gasteiger partial charge on any atom is -0.484 e. The number of nitrogens with zero attached hydrogens (tertiary/aromatic N) is 1. The first-order chi connectivity index (χ1) is 12.5. The number of anilines is 1. The number of hydrogen-bond donors (Lipinski definition) is 1. The molecule has 0 saturated carbocycles. The van der Waals surface area contributed by atoms with Crippen LogP contribution < -0.4 is 10.1 Å². The van der Waals surface area contributed by atoms with E-state index in [1.165, 1.54) is 0 Å². The Morgan fingerprint density at radius 1 is 1.04 bits per heavy atom. The molecular weight excluding hydrogens is 342 g/mol. The van der Waals surface area contributed by atoms with E-state index >= 15 is 0 Å². The fourth-order valence-electron chi connectivity index (χ4n) is 2.75. The van der Waals surface area contributed by atoms with Crippen molar-refractivity contribution in [1.82, 2.24) is 4.90 Å². The van der Waals surface area contributed by atoms with Gasteiger partial charge in [0.1, 0.15) is 17.4 Å². The van der Waals surface area contributed by atoms with Gasteiger partial charge in [-0.15, -0.1) is 0 Å². The molecule has 26 heavy (non-hydrogen) atoms. The quantitative estimate of drug-likeness (QED) is 0.891. The van der Waals surface area contributed by atoms with Crippen LogP contribution in [0.3, 0.4) is 0 Å². The number of nitrogens with one attached hydrogen (secondary N) is 1. The molecule has 0 aliphatic carbocycles. The highest BCUT2D eigenvalue weighted by molar-refractivity contribution is 6.04. The number of ether oxygens (including phenoxy) is 1. The van der Waals surface area contributed by atoms with Crippen LogP contribution in [0, 0.1) is 11.6 Å². The van der Waals surface area contributed by atoms with Gasteiger partial charge in [0.15, 0.2) is 6.61 Å². The molecule has 5 nitrogen and oxygen atoms in total. The van der Waals surface area contributed by atoms with Gasteiger partial charge in [-0.25, -0.2) is 8.78 Å². The Morgan fingerprint density at radius 2 is 1.73 bits per heavy atom. The number of amides is 2. The first kappa shape index (κ1) is 17.8. The summed E-state index contributed by atoms with van der Waals surface area (Å²) in [4.78, 5) is 25.9. The average molecular weight is 360 g/mol. The minimum atomic E-state index is -0.826. The maximum absolute atomic E-state index is 13.2. The van der Waals surface area contributed by atoms with E-state index in [0.29, 0.717) is 17.5 Å². The van der Waals surface area contributed by atoms with Crippen LogP contribution >= 0.6 is 0 Å². The van der Waals surface area contributed by atoms with Crippen LogP contribution in [0.1, 0.15) is 23.2 Å². The molecule has 0 spiro atoms. The maximum atomic E-state index is 13.2. The van der Waals surface area contributed by atoms with Crippen molar-refractivity contribution in [2.24, 2.45) is 0 Å². The lowest BCUT2D eigenvalue weighted by molar-refractivity contribution is -0.132. The van der Waals surface area contributed by atoms with Crippen LogP contribution in [-0.4, -0.2) is 36.4 Å². The number of likely N-dealkylation sites (tertiary alicyclic amines) is 1. The predicted molar refractivity (Wildman–Crippen MR) is 92.1 cm³/mol. The number of hydrogen-bond acceptors (Lipinski definition) is 3. The third-order valence-corrected chi connectivity index (χ3v) is 4.04. The predicted octanol–water partition coefficient (Wildman–Crippen LogP) is 3.22. The van der Waals surface area contributed by atoms with Gasteiger partial charge in [-0.05, 0) is 37.1 Å². The molecule has 136 valence electrons. The summed E-state index contributed by atoms with van der Waals surface area (Å²) in [5.74, 6) is -1.96. The molecule has 1 saturated heterocycles. The van der Waals surface area contributed by atoms with Gasteiger partial charge in [0.2, 0.25) is 0 Å². The van der Waals surface area contributed by atoms with Crippen molar-refractivity contribution in [3.8, 4) is 5.75 Å². The van der Waals surface area contributed by atoms with Crippen molar-refractivity contribution < 1.29 is 23.1 Å². The average Bonchev–Trinajstić information content (AvgIpc) is 3.14. The second-order valence-electron chi connectivity index (χ2n) is 6.02. The van der Waals surface area contributed by atoms with E-state index in [9.17, 15) is 18.4 Å². The van der Waals surface area contributed by atoms with Crippen molar-refractivity contribution in [1.29, 1.82) is 0 Å². The molecule has 0 atom stereocenters. The molecule has 2 aromatic rings. The van der Waals surface area contributed by atoms with Crippen molar-refractivity contribution in [2.75, 3.05) is 25.0 Å². The smallest absolute Gasteiger partial charge is 0.260 e. The molecule has 1 aliphatic rings. The standard InChI is InChI=1S/C19H18F2N2O3/c20-14-8-13(9-15(21)10-14)19(25)22-16-4-3-5-17(11-16)26-12-18(24)23-6-1-2-7-23/h3-5,8-11H,1-2,6-7,12H2,(H,22,25). The highest BCUT2D eigenvalue weighted by atomic mass is 19.1. The molecule has 1 heterocycles. The Morgan fingerprint density at radius 3 is 2.42 bits per heavy atom. The van der Waals surface area contributed by atoms with Gasteiger partial charge in [-0.2, -0.15) is 0 Å². The fraction of sp³-hybridized carbons (Fsp3) is 0.263. The van der Waals surface area contributed by atoms with Crippen LogP contribution in [0.15, 0.2) is 42.5 Å². The number of halogens is 2. The first-order valence-electron chi connectivity index (χ1n) is 8.29. The summed E-state index contributed by atoms with van der Waals surface area (Å²) < 4.78 is 31.9. The number of carbonyl (C=O) groups is 2. The van der Waals surface area contributed by atoms with Gasteiger partial charge in [-0.3, -0.25) is 9.59 Å². The molecule has 3 rings (SSSR count). The van der Waals surface area contributed by atoms with E-state index in [1.54, 1.807) is 29.2 Å². The molecule has 1 aliphatic heterocycles. The van der Waals surface area contributed by atoms with Crippen LogP contribution in [0.5, 0.6) is 5.75 Å². The van der Waals surface area contributed by atoms with Crippen LogP contribution in [0.4, 0.5) is 14.5 Å². The lowest BCUT2D eigenvalue weighted by Crippen LogP contribution is -2.32. The van der Waals surface area contributed by atoms with Gasteiger partial charge in [0.05, 0.1) is 0 Å². The summed E-state index contributed by atoms with van der Waals surface area (Å²) >= 11 is 0. The molecule has 0 bridgehead atoms. The van der Waals surface area contributed by atoms with Gasteiger partial charge >= 0.3 is 0 Å². The van der Waals surface area contributed by atoms with Gasteiger partial charge in [0, 0.05) is 36.5 Å². The topological polar surface area (TPSA) is 58.6 Å². The zero-order valence-electron chi connectivity index (χ0n) is 14.0. The second kappa shape index (κ2) is 7.95. The van der Waals surface area contributed by atoms with Gasteiger partial charge < -0.3 is 15.0 Å². The van der Waals surface area contributed by atoms with Crippen molar-refractivity contribution in [3.63, 3.8) is 0 Å². The van der Waals surface area contributed by atoms with E-state index in [1.807, 2.05) is 0 Å². The molecule has 1 fully saturated rings. The largest absolute Gasteiger partial charge is 0.484 e.